The van der Waals surface area contributed by atoms with Crippen LogP contribution in [0.1, 0.15) is 29.3 Å². The second-order valence-electron chi connectivity index (χ2n) is 6.54. The summed E-state index contributed by atoms with van der Waals surface area (Å²) in [6.07, 6.45) is 6.35. The van der Waals surface area contributed by atoms with Gasteiger partial charge in [0, 0.05) is 30.2 Å². The van der Waals surface area contributed by atoms with E-state index in [1.807, 2.05) is 24.3 Å². The number of nitrogens with one attached hydrogen (secondary N) is 1. The number of nitrogens with zero attached hydrogens (tertiary/aromatic N) is 2. The van der Waals surface area contributed by atoms with Crippen LogP contribution in [-0.4, -0.2) is 27.1 Å². The van der Waals surface area contributed by atoms with Gasteiger partial charge in [-0.05, 0) is 61.7 Å². The molecule has 1 N–H and O–H groups in total. The number of para-hydroxylation sites is 1. The predicted octanol–water partition coefficient (Wildman–Crippen LogP) is 3.68. The molecule has 0 atom stereocenters. The summed E-state index contributed by atoms with van der Waals surface area (Å²) in [7, 11) is -3.70. The molecule has 0 saturated heterocycles. The molecule has 7 heteroatoms. The number of carbonyl (C=O) groups excluding carboxylic acids is 1. The van der Waals surface area contributed by atoms with Gasteiger partial charge in [-0.25, -0.2) is 8.42 Å². The number of carbonyl (C=O) groups is 1. The maximum absolute atomic E-state index is 13.1. The number of aliphatic imine (C=N–C) groups is 1. The fourth-order valence-electron chi connectivity index (χ4n) is 3.13. The Labute approximate surface area is 171 Å². The quantitative estimate of drug-likeness (QED) is 0.584. The highest BCUT2D eigenvalue weighted by molar-refractivity contribution is 7.92. The lowest BCUT2D eigenvalue weighted by molar-refractivity contribution is 0.0967. The third-order valence-electron chi connectivity index (χ3n) is 4.56. The fourth-order valence-corrected chi connectivity index (χ4v) is 4.67. The van der Waals surface area contributed by atoms with E-state index in [4.69, 9.17) is 0 Å². The Morgan fingerprint density at radius 2 is 1.90 bits per heavy atom. The van der Waals surface area contributed by atoms with Crippen LogP contribution in [0.4, 0.5) is 5.69 Å². The minimum atomic E-state index is -3.70. The third-order valence-corrected chi connectivity index (χ3v) is 6.38. The molecule has 0 aromatic heterocycles. The Morgan fingerprint density at radius 3 is 2.62 bits per heavy atom. The summed E-state index contributed by atoms with van der Waals surface area (Å²) in [6.45, 7) is 5.96. The molecular weight excluding hydrogens is 386 g/mol. The Kier molecular flexibility index (Phi) is 6.29. The van der Waals surface area contributed by atoms with Crippen LogP contribution in [0, 0.1) is 0 Å². The highest BCUT2D eigenvalue weighted by Crippen LogP contribution is 2.31. The molecular formula is C22H23N3O3S. The summed E-state index contributed by atoms with van der Waals surface area (Å²) in [5, 5.41) is 2.64. The highest BCUT2D eigenvalue weighted by atomic mass is 32.2. The molecule has 0 unspecified atom stereocenters. The first kappa shape index (κ1) is 20.5. The molecule has 6 nitrogen and oxygen atoms in total. The second kappa shape index (κ2) is 8.87. The standard InChI is InChI=1S/C22H23N3O3S/c1-3-23-15-14-17(2)24-22(26)19-10-12-20(13-11-19)29(27,28)25-16-6-8-18-7-4-5-9-21(18)25/h3-5,7,9-15H,2,6,8,16H2,1H3,(H,24,26)/b15-14-,23-3-. The van der Waals surface area contributed by atoms with Gasteiger partial charge in [0.05, 0.1) is 10.6 Å². The van der Waals surface area contributed by atoms with Crippen molar-refractivity contribution in [3.05, 3.63) is 84.2 Å². The molecule has 3 rings (SSSR count). The van der Waals surface area contributed by atoms with Crippen molar-refractivity contribution in [2.75, 3.05) is 10.8 Å². The van der Waals surface area contributed by atoms with Crippen LogP contribution in [0.2, 0.25) is 0 Å². The van der Waals surface area contributed by atoms with E-state index in [2.05, 4.69) is 16.9 Å². The van der Waals surface area contributed by atoms with E-state index in [1.165, 1.54) is 34.8 Å². The smallest absolute Gasteiger partial charge is 0.264 e. The molecule has 1 heterocycles. The largest absolute Gasteiger partial charge is 0.322 e. The van der Waals surface area contributed by atoms with E-state index in [0.717, 1.165) is 24.1 Å². The van der Waals surface area contributed by atoms with Crippen molar-refractivity contribution in [3.8, 4) is 0 Å². The maximum atomic E-state index is 13.1. The van der Waals surface area contributed by atoms with Crippen molar-refractivity contribution in [1.82, 2.24) is 5.32 Å². The Bertz CT molecular complexity index is 1070. The van der Waals surface area contributed by atoms with Crippen molar-refractivity contribution >= 4 is 27.8 Å². The lowest BCUT2D eigenvalue weighted by Gasteiger charge is -2.30. The van der Waals surface area contributed by atoms with Gasteiger partial charge in [0.15, 0.2) is 0 Å². The summed E-state index contributed by atoms with van der Waals surface area (Å²) in [5.74, 6) is -0.368. The van der Waals surface area contributed by atoms with Gasteiger partial charge in [-0.15, -0.1) is 0 Å². The number of allylic oxidation sites excluding steroid dienone is 1. The third kappa shape index (κ3) is 4.63. The van der Waals surface area contributed by atoms with Crippen molar-refractivity contribution in [1.29, 1.82) is 0 Å². The summed E-state index contributed by atoms with van der Waals surface area (Å²) in [5.41, 5.74) is 2.48. The molecule has 150 valence electrons. The molecule has 2 aromatic carbocycles. The molecule has 1 aliphatic rings. The van der Waals surface area contributed by atoms with Crippen LogP contribution in [0.25, 0.3) is 0 Å². The monoisotopic (exact) mass is 409 g/mol. The molecule has 0 fully saturated rings. The van der Waals surface area contributed by atoms with E-state index in [-0.39, 0.29) is 10.8 Å². The lowest BCUT2D eigenvalue weighted by Crippen LogP contribution is -2.35. The van der Waals surface area contributed by atoms with Crippen LogP contribution in [0.3, 0.4) is 0 Å². The van der Waals surface area contributed by atoms with E-state index >= 15 is 0 Å². The summed E-state index contributed by atoms with van der Waals surface area (Å²) in [6, 6.07) is 13.5. The topological polar surface area (TPSA) is 78.8 Å². The van der Waals surface area contributed by atoms with Crippen molar-refractivity contribution in [3.63, 3.8) is 0 Å². The summed E-state index contributed by atoms with van der Waals surface area (Å²) < 4.78 is 27.7. The Hall–Kier alpha value is -3.19. The van der Waals surface area contributed by atoms with E-state index in [0.29, 0.717) is 17.8 Å². The zero-order chi connectivity index (χ0) is 20.9. The fraction of sp³-hybridized carbons (Fsp3) is 0.182. The number of hydrogen-bond donors (Lipinski definition) is 1. The average Bonchev–Trinajstić information content (AvgIpc) is 2.73. The molecule has 0 saturated carbocycles. The summed E-state index contributed by atoms with van der Waals surface area (Å²) >= 11 is 0. The van der Waals surface area contributed by atoms with E-state index < -0.39 is 10.0 Å². The van der Waals surface area contributed by atoms with Crippen LogP contribution in [0.15, 0.2) is 83.0 Å². The molecule has 0 aliphatic carbocycles. The lowest BCUT2D eigenvalue weighted by atomic mass is 10.0. The number of sulfonamides is 1. The number of anilines is 1. The van der Waals surface area contributed by atoms with Crippen molar-refractivity contribution in [2.24, 2.45) is 4.99 Å². The SMILES string of the molecule is C=C(/C=C\N=C/C)NC(=O)c1ccc(S(=O)(=O)N2CCCc3ccccc32)cc1. The molecule has 2 aromatic rings. The first-order valence-electron chi connectivity index (χ1n) is 9.29. The zero-order valence-electron chi connectivity index (χ0n) is 16.2. The van der Waals surface area contributed by atoms with Gasteiger partial charge in [-0.3, -0.25) is 14.1 Å². The van der Waals surface area contributed by atoms with Gasteiger partial charge in [0.1, 0.15) is 0 Å². The van der Waals surface area contributed by atoms with Crippen molar-refractivity contribution in [2.45, 2.75) is 24.7 Å². The van der Waals surface area contributed by atoms with Gasteiger partial charge in [0.25, 0.3) is 15.9 Å². The number of benzene rings is 2. The first-order chi connectivity index (χ1) is 13.9. The van der Waals surface area contributed by atoms with E-state index in [1.54, 1.807) is 19.2 Å². The van der Waals surface area contributed by atoms with Crippen molar-refractivity contribution < 1.29 is 13.2 Å². The van der Waals surface area contributed by atoms with Crippen LogP contribution in [-0.2, 0) is 16.4 Å². The van der Waals surface area contributed by atoms with Gasteiger partial charge < -0.3 is 5.32 Å². The number of hydrogen-bond acceptors (Lipinski definition) is 4. The van der Waals surface area contributed by atoms with Crippen LogP contribution < -0.4 is 9.62 Å². The number of aryl methyl sites for hydroxylation is 1. The molecule has 0 radical (unpaired) electrons. The summed E-state index contributed by atoms with van der Waals surface area (Å²) in [4.78, 5) is 16.4. The van der Waals surface area contributed by atoms with E-state index in [9.17, 15) is 13.2 Å². The number of amides is 1. The molecule has 29 heavy (non-hydrogen) atoms. The minimum absolute atomic E-state index is 0.154. The predicted molar refractivity (Wildman–Crippen MR) is 116 cm³/mol. The second-order valence-corrected chi connectivity index (χ2v) is 8.40. The van der Waals surface area contributed by atoms with Crippen LogP contribution >= 0.6 is 0 Å². The van der Waals surface area contributed by atoms with Gasteiger partial charge in [-0.2, -0.15) is 0 Å². The van der Waals surface area contributed by atoms with Gasteiger partial charge in [0.2, 0.25) is 0 Å². The Morgan fingerprint density at radius 1 is 1.17 bits per heavy atom. The molecule has 1 aliphatic heterocycles. The molecule has 1 amide bonds. The Balaban J connectivity index is 1.78. The van der Waals surface area contributed by atoms with Crippen LogP contribution in [0.5, 0.6) is 0 Å². The number of rotatable bonds is 6. The highest BCUT2D eigenvalue weighted by Gasteiger charge is 2.28. The van der Waals surface area contributed by atoms with Gasteiger partial charge >= 0.3 is 0 Å². The maximum Gasteiger partial charge on any atom is 0.264 e. The number of fused-ring (bicyclic) bond motifs is 1. The first-order valence-corrected chi connectivity index (χ1v) is 10.7. The van der Waals surface area contributed by atoms with Gasteiger partial charge in [-0.1, -0.05) is 24.8 Å². The normalized spacial score (nSPS) is 14.2. The molecule has 0 spiro atoms. The molecule has 0 bridgehead atoms. The average molecular weight is 410 g/mol. The zero-order valence-corrected chi connectivity index (χ0v) is 17.0. The minimum Gasteiger partial charge on any atom is -0.322 e.